The number of rotatable bonds is 10. The van der Waals surface area contributed by atoms with E-state index in [-0.39, 0.29) is 41.2 Å². The molecule has 0 heterocycles. The first-order valence-electron chi connectivity index (χ1n) is 14.3. The molecule has 4 rings (SSSR count). The summed E-state index contributed by atoms with van der Waals surface area (Å²) in [6.07, 6.45) is 9.10. The molecule has 0 aliphatic heterocycles. The Bertz CT molecular complexity index is 852. The molecular formula is C30H51N3O4. The second kappa shape index (κ2) is 11.5. The number of ether oxygens (including phenoxy) is 1. The van der Waals surface area contributed by atoms with Crippen LogP contribution in [0.2, 0.25) is 0 Å². The van der Waals surface area contributed by atoms with Gasteiger partial charge in [-0.3, -0.25) is 9.59 Å². The summed E-state index contributed by atoms with van der Waals surface area (Å²) in [4.78, 5) is 41.8. The Kier molecular flexibility index (Phi) is 9.19. The van der Waals surface area contributed by atoms with E-state index in [1.807, 2.05) is 47.7 Å². The molecule has 3 atom stereocenters. The molecule has 0 radical (unpaired) electrons. The number of amides is 2. The van der Waals surface area contributed by atoms with Crippen LogP contribution in [0.15, 0.2) is 11.6 Å². The van der Waals surface area contributed by atoms with Crippen LogP contribution in [0.25, 0.3) is 0 Å². The van der Waals surface area contributed by atoms with Crippen LogP contribution < -0.4 is 10.6 Å². The highest BCUT2D eigenvalue weighted by Gasteiger charge is 2.56. The van der Waals surface area contributed by atoms with Crippen molar-refractivity contribution in [1.82, 2.24) is 15.5 Å². The molecule has 0 saturated heterocycles. The van der Waals surface area contributed by atoms with Gasteiger partial charge in [0.2, 0.25) is 11.8 Å². The van der Waals surface area contributed by atoms with Gasteiger partial charge < -0.3 is 20.3 Å². The van der Waals surface area contributed by atoms with E-state index < -0.39 is 11.5 Å². The molecule has 2 N–H and O–H groups in total. The Labute approximate surface area is 224 Å². The third-order valence-corrected chi connectivity index (χ3v) is 9.14. The van der Waals surface area contributed by atoms with Gasteiger partial charge in [-0.15, -0.1) is 0 Å². The zero-order chi connectivity index (χ0) is 27.7. The smallest absolute Gasteiger partial charge is 0.333 e. The molecule has 0 unspecified atom stereocenters. The molecule has 4 fully saturated rings. The molecule has 4 aliphatic carbocycles. The SMILES string of the molecule is CCOC(=O)C(C)=C[C@H](C(C)C)N(C)C(=O)[C@@H](NC(=O)[C@@H](NC)C12CC3CC(CC(C3)C1)C2)C(C)(C)C. The van der Waals surface area contributed by atoms with Crippen LogP contribution in [0.1, 0.15) is 87.0 Å². The van der Waals surface area contributed by atoms with Crippen LogP contribution in [0.3, 0.4) is 0 Å². The molecule has 0 aromatic heterocycles. The van der Waals surface area contributed by atoms with Crippen molar-refractivity contribution in [3.63, 3.8) is 0 Å². The van der Waals surface area contributed by atoms with Gasteiger partial charge in [0.25, 0.3) is 0 Å². The molecule has 7 heteroatoms. The maximum atomic E-state index is 14.0. The van der Waals surface area contributed by atoms with E-state index in [9.17, 15) is 14.4 Å². The van der Waals surface area contributed by atoms with Crippen LogP contribution in [-0.2, 0) is 19.1 Å². The fraction of sp³-hybridized carbons (Fsp3) is 0.833. The van der Waals surface area contributed by atoms with Gasteiger partial charge in [-0.25, -0.2) is 4.79 Å². The summed E-state index contributed by atoms with van der Waals surface area (Å²) in [5, 5.41) is 6.58. The first-order chi connectivity index (χ1) is 17.2. The van der Waals surface area contributed by atoms with Crippen molar-refractivity contribution in [2.45, 2.75) is 105 Å². The second-order valence-corrected chi connectivity index (χ2v) is 13.6. The second-order valence-electron chi connectivity index (χ2n) is 13.6. The van der Waals surface area contributed by atoms with E-state index in [2.05, 4.69) is 10.6 Å². The largest absolute Gasteiger partial charge is 0.463 e. The van der Waals surface area contributed by atoms with Crippen LogP contribution in [0.4, 0.5) is 0 Å². The van der Waals surface area contributed by atoms with Crippen molar-refractivity contribution in [1.29, 1.82) is 0 Å². The molecular weight excluding hydrogens is 466 g/mol. The Hall–Kier alpha value is -1.89. The van der Waals surface area contributed by atoms with Gasteiger partial charge in [0.1, 0.15) is 6.04 Å². The number of hydrogen-bond donors (Lipinski definition) is 2. The Balaban J connectivity index is 1.81. The molecule has 4 bridgehead atoms. The summed E-state index contributed by atoms with van der Waals surface area (Å²) in [5.41, 5.74) is -0.0127. The van der Waals surface area contributed by atoms with Crippen molar-refractivity contribution in [3.8, 4) is 0 Å². The number of carbonyl (C=O) groups excluding carboxylic acids is 3. The molecule has 7 nitrogen and oxygen atoms in total. The highest BCUT2D eigenvalue weighted by molar-refractivity contribution is 5.91. The van der Waals surface area contributed by atoms with Crippen molar-refractivity contribution in [2.24, 2.45) is 34.5 Å². The molecule has 0 aromatic rings. The highest BCUT2D eigenvalue weighted by atomic mass is 16.5. The van der Waals surface area contributed by atoms with Crippen molar-refractivity contribution < 1.29 is 19.1 Å². The minimum atomic E-state index is -0.688. The third kappa shape index (κ3) is 6.40. The minimum Gasteiger partial charge on any atom is -0.463 e. The van der Waals surface area contributed by atoms with E-state index in [0.717, 1.165) is 37.0 Å². The number of esters is 1. The predicted molar refractivity (Wildman–Crippen MR) is 147 cm³/mol. The van der Waals surface area contributed by atoms with Gasteiger partial charge in [0.05, 0.1) is 18.7 Å². The lowest BCUT2D eigenvalue weighted by Gasteiger charge is -2.59. The molecule has 4 saturated carbocycles. The van der Waals surface area contributed by atoms with Crippen molar-refractivity contribution >= 4 is 17.8 Å². The first-order valence-corrected chi connectivity index (χ1v) is 14.3. The number of likely N-dealkylation sites (N-methyl/N-ethyl adjacent to an activating group) is 2. The van der Waals surface area contributed by atoms with E-state index in [1.54, 1.807) is 25.8 Å². The fourth-order valence-corrected chi connectivity index (χ4v) is 7.79. The number of nitrogens with one attached hydrogen (secondary N) is 2. The lowest BCUT2D eigenvalue weighted by molar-refractivity contribution is -0.144. The van der Waals surface area contributed by atoms with Crippen molar-refractivity contribution in [2.75, 3.05) is 20.7 Å². The summed E-state index contributed by atoms with van der Waals surface area (Å²) < 4.78 is 5.14. The quantitative estimate of drug-likeness (QED) is 0.333. The molecule has 0 aromatic carbocycles. The predicted octanol–water partition coefficient (Wildman–Crippen LogP) is 4.31. The zero-order valence-corrected chi connectivity index (χ0v) is 24.6. The summed E-state index contributed by atoms with van der Waals surface area (Å²) in [6, 6.07) is -1.29. The molecule has 37 heavy (non-hydrogen) atoms. The van der Waals surface area contributed by atoms with Crippen LogP contribution >= 0.6 is 0 Å². The third-order valence-electron chi connectivity index (χ3n) is 9.14. The number of carbonyl (C=O) groups is 3. The average molecular weight is 518 g/mol. The van der Waals surface area contributed by atoms with Crippen LogP contribution in [0, 0.1) is 34.5 Å². The van der Waals surface area contributed by atoms with E-state index in [4.69, 9.17) is 4.74 Å². The summed E-state index contributed by atoms with van der Waals surface area (Å²) >= 11 is 0. The monoisotopic (exact) mass is 517 g/mol. The summed E-state index contributed by atoms with van der Waals surface area (Å²) in [5.74, 6) is 1.71. The maximum absolute atomic E-state index is 14.0. The topological polar surface area (TPSA) is 87.7 Å². The molecule has 0 spiro atoms. The molecule has 4 aliphatic rings. The zero-order valence-electron chi connectivity index (χ0n) is 24.6. The van der Waals surface area contributed by atoms with E-state index in [0.29, 0.717) is 12.2 Å². The van der Waals surface area contributed by atoms with E-state index >= 15 is 0 Å². The van der Waals surface area contributed by atoms with Crippen molar-refractivity contribution in [3.05, 3.63) is 11.6 Å². The Morgan fingerprint density at radius 2 is 1.57 bits per heavy atom. The fourth-order valence-electron chi connectivity index (χ4n) is 7.79. The Morgan fingerprint density at radius 3 is 1.97 bits per heavy atom. The van der Waals surface area contributed by atoms with Crippen LogP contribution in [0.5, 0.6) is 0 Å². The van der Waals surface area contributed by atoms with Gasteiger partial charge in [-0.1, -0.05) is 40.7 Å². The minimum absolute atomic E-state index is 0.00900. The van der Waals surface area contributed by atoms with Crippen LogP contribution in [-0.4, -0.2) is 61.5 Å². The summed E-state index contributed by atoms with van der Waals surface area (Å²) in [7, 11) is 3.65. The number of hydrogen-bond acceptors (Lipinski definition) is 5. The van der Waals surface area contributed by atoms with Gasteiger partial charge in [-0.05, 0) is 93.9 Å². The lowest BCUT2D eigenvalue weighted by Crippen LogP contribution is -2.64. The normalized spacial score (nSPS) is 29.6. The van der Waals surface area contributed by atoms with Gasteiger partial charge >= 0.3 is 5.97 Å². The maximum Gasteiger partial charge on any atom is 0.333 e. The van der Waals surface area contributed by atoms with Gasteiger partial charge in [-0.2, -0.15) is 0 Å². The van der Waals surface area contributed by atoms with E-state index in [1.165, 1.54) is 19.3 Å². The van der Waals surface area contributed by atoms with Gasteiger partial charge in [0.15, 0.2) is 0 Å². The summed E-state index contributed by atoms with van der Waals surface area (Å²) in [6.45, 7) is 13.8. The number of nitrogens with zero attached hydrogens (tertiary/aromatic N) is 1. The first kappa shape index (κ1) is 29.7. The van der Waals surface area contributed by atoms with Gasteiger partial charge in [0, 0.05) is 12.6 Å². The average Bonchev–Trinajstić information content (AvgIpc) is 2.78. The Morgan fingerprint density at radius 1 is 1.05 bits per heavy atom. The molecule has 210 valence electrons. The highest BCUT2D eigenvalue weighted by Crippen LogP contribution is 2.61. The standard InChI is InChI=1S/C30H51N3O4/c1-10-37-28(36)19(4)11-23(18(2)3)33(9)27(35)25(29(5,6)7)32-26(34)24(31-8)30-15-20-12-21(16-30)14-22(13-20)17-30/h11,18,20-25,31H,10,12-17H2,1-9H3,(H,32,34)/t20?,21?,22?,23-,24-,25-,30?/m1/s1. The lowest BCUT2D eigenvalue weighted by atomic mass is 9.47. The molecule has 2 amide bonds.